The van der Waals surface area contributed by atoms with Gasteiger partial charge < -0.3 is 15.4 Å². The quantitative estimate of drug-likeness (QED) is 0.651. The Balaban J connectivity index is 1.50. The van der Waals surface area contributed by atoms with Gasteiger partial charge in [0, 0.05) is 11.5 Å². The van der Waals surface area contributed by atoms with Crippen molar-refractivity contribution in [3.05, 3.63) is 35.9 Å². The van der Waals surface area contributed by atoms with Gasteiger partial charge in [-0.05, 0) is 5.56 Å². The van der Waals surface area contributed by atoms with Gasteiger partial charge in [0.05, 0.1) is 4.75 Å². The van der Waals surface area contributed by atoms with Gasteiger partial charge in [0.25, 0.3) is 0 Å². The number of esters is 1. The lowest BCUT2D eigenvalue weighted by Crippen LogP contribution is -2.69. The van der Waals surface area contributed by atoms with E-state index < -0.39 is 12.1 Å². The molecule has 116 valence electrons. The van der Waals surface area contributed by atoms with Crippen LogP contribution in [0, 0.1) is 0 Å². The van der Waals surface area contributed by atoms with Gasteiger partial charge >= 0.3 is 5.97 Å². The Morgan fingerprint density at radius 1 is 1.36 bits per heavy atom. The molecule has 4 rings (SSSR count). The number of β-lactam (4-membered cyclic amide) rings is 1. The molecular formula is C15H16N2O3S2. The first-order valence-corrected chi connectivity index (χ1v) is 9.20. The minimum atomic E-state index is -0.486. The van der Waals surface area contributed by atoms with Crippen LogP contribution >= 0.6 is 23.5 Å². The summed E-state index contributed by atoms with van der Waals surface area (Å²) >= 11 is 3.47. The minimum absolute atomic E-state index is 0.0670. The van der Waals surface area contributed by atoms with Crippen LogP contribution in [0.4, 0.5) is 0 Å². The number of rotatable bonds is 3. The summed E-state index contributed by atoms with van der Waals surface area (Å²) in [6.07, 6.45) is 0. The van der Waals surface area contributed by atoms with Crippen LogP contribution in [0.3, 0.4) is 0 Å². The standard InChI is InChI=1S/C15H16N2O3S2/c16-10-12(18)17-11(15(7-21-8-15)22-13(10)17)14(19)20-6-9-4-2-1-3-5-9/h1-5,10-11,13H,6-8,16H2/t10?,11?,13-/m1/s1. The number of benzene rings is 1. The highest BCUT2D eigenvalue weighted by atomic mass is 32.2. The molecule has 1 spiro atoms. The first kappa shape index (κ1) is 14.4. The Labute approximate surface area is 136 Å². The Kier molecular flexibility index (Phi) is 3.39. The van der Waals surface area contributed by atoms with E-state index in [9.17, 15) is 9.59 Å². The summed E-state index contributed by atoms with van der Waals surface area (Å²) in [4.78, 5) is 26.3. The van der Waals surface area contributed by atoms with E-state index >= 15 is 0 Å². The molecule has 0 aromatic heterocycles. The summed E-state index contributed by atoms with van der Waals surface area (Å²) < 4.78 is 5.28. The number of fused-ring (bicyclic) bond motifs is 1. The fourth-order valence-corrected chi connectivity index (χ4v) is 6.53. The molecule has 2 N–H and O–H groups in total. The first-order valence-electron chi connectivity index (χ1n) is 7.16. The smallest absolute Gasteiger partial charge is 0.330 e. The number of ether oxygens (including phenoxy) is 1. The van der Waals surface area contributed by atoms with Gasteiger partial charge in [0.2, 0.25) is 5.91 Å². The summed E-state index contributed by atoms with van der Waals surface area (Å²) in [5.41, 5.74) is 6.81. The van der Waals surface area contributed by atoms with Crippen molar-refractivity contribution < 1.29 is 14.3 Å². The second-order valence-corrected chi connectivity index (χ2v) is 8.35. The lowest BCUT2D eigenvalue weighted by Gasteiger charge is -2.43. The SMILES string of the molecule is NC1C(=O)N2C(C(=O)OCc3ccccc3)C3(CSC3)S[C@H]12. The molecule has 3 fully saturated rings. The van der Waals surface area contributed by atoms with Gasteiger partial charge in [-0.1, -0.05) is 30.3 Å². The van der Waals surface area contributed by atoms with E-state index in [1.165, 1.54) is 0 Å². The van der Waals surface area contributed by atoms with Crippen LogP contribution in [-0.4, -0.2) is 50.5 Å². The zero-order chi connectivity index (χ0) is 15.3. The number of hydrogen-bond donors (Lipinski definition) is 1. The summed E-state index contributed by atoms with van der Waals surface area (Å²) in [6, 6.07) is 8.61. The second-order valence-electron chi connectivity index (χ2n) is 5.83. The highest BCUT2D eigenvalue weighted by Crippen LogP contribution is 2.57. The molecule has 3 saturated heterocycles. The third-order valence-electron chi connectivity index (χ3n) is 4.39. The average molecular weight is 336 g/mol. The van der Waals surface area contributed by atoms with Gasteiger partial charge in [-0.25, -0.2) is 4.79 Å². The molecule has 3 heterocycles. The van der Waals surface area contributed by atoms with Gasteiger partial charge in [0.15, 0.2) is 0 Å². The molecule has 1 aromatic carbocycles. The molecule has 2 unspecified atom stereocenters. The number of nitrogens with two attached hydrogens (primary N) is 1. The maximum absolute atomic E-state index is 12.6. The number of carbonyl (C=O) groups is 2. The zero-order valence-electron chi connectivity index (χ0n) is 11.8. The molecular weight excluding hydrogens is 320 g/mol. The molecule has 0 radical (unpaired) electrons. The molecule has 0 aliphatic carbocycles. The third-order valence-corrected chi connectivity index (χ3v) is 7.94. The van der Waals surface area contributed by atoms with Crippen molar-refractivity contribution in [2.24, 2.45) is 5.73 Å². The zero-order valence-corrected chi connectivity index (χ0v) is 13.4. The summed E-state index contributed by atoms with van der Waals surface area (Å²) in [6.45, 7) is 0.239. The van der Waals surface area contributed by atoms with Crippen LogP contribution in [0.25, 0.3) is 0 Å². The maximum atomic E-state index is 12.6. The van der Waals surface area contributed by atoms with Crippen LogP contribution in [0.15, 0.2) is 30.3 Å². The van der Waals surface area contributed by atoms with Gasteiger partial charge in [-0.2, -0.15) is 11.8 Å². The highest BCUT2D eigenvalue weighted by Gasteiger charge is 2.68. The van der Waals surface area contributed by atoms with Gasteiger partial charge in [-0.3, -0.25) is 4.79 Å². The number of thioether (sulfide) groups is 2. The fraction of sp³-hybridized carbons (Fsp3) is 0.467. The maximum Gasteiger partial charge on any atom is 0.330 e. The van der Waals surface area contributed by atoms with E-state index in [0.717, 1.165) is 17.1 Å². The van der Waals surface area contributed by atoms with Crippen molar-refractivity contribution >= 4 is 35.4 Å². The molecule has 3 aliphatic heterocycles. The minimum Gasteiger partial charge on any atom is -0.459 e. The largest absolute Gasteiger partial charge is 0.459 e. The van der Waals surface area contributed by atoms with Crippen LogP contribution < -0.4 is 5.73 Å². The van der Waals surface area contributed by atoms with Crippen LogP contribution in [-0.2, 0) is 20.9 Å². The predicted octanol–water partition coefficient (Wildman–Crippen LogP) is 0.826. The van der Waals surface area contributed by atoms with Crippen molar-refractivity contribution in [2.45, 2.75) is 28.8 Å². The molecule has 3 aliphatic rings. The second kappa shape index (κ2) is 5.18. The summed E-state index contributed by atoms with van der Waals surface area (Å²) in [5.74, 6) is 1.30. The Morgan fingerprint density at radius 2 is 2.09 bits per heavy atom. The van der Waals surface area contributed by atoms with Crippen molar-refractivity contribution in [1.82, 2.24) is 4.90 Å². The molecule has 0 saturated carbocycles. The average Bonchev–Trinajstić information content (AvgIpc) is 2.86. The fourth-order valence-electron chi connectivity index (χ4n) is 3.14. The summed E-state index contributed by atoms with van der Waals surface area (Å²) in [5, 5.41) is -0.0670. The number of hydrogen-bond acceptors (Lipinski definition) is 6. The van der Waals surface area contributed by atoms with E-state index in [1.54, 1.807) is 28.4 Å². The van der Waals surface area contributed by atoms with Gasteiger partial charge in [-0.15, -0.1) is 11.8 Å². The highest BCUT2D eigenvalue weighted by molar-refractivity contribution is 8.08. The Hall–Kier alpha value is -1.18. The van der Waals surface area contributed by atoms with Crippen LogP contribution in [0.2, 0.25) is 0 Å². The van der Waals surface area contributed by atoms with Crippen LogP contribution in [0.5, 0.6) is 0 Å². The van der Waals surface area contributed by atoms with Crippen molar-refractivity contribution in [2.75, 3.05) is 11.5 Å². The van der Waals surface area contributed by atoms with Crippen LogP contribution in [0.1, 0.15) is 5.56 Å². The molecule has 5 nitrogen and oxygen atoms in total. The van der Waals surface area contributed by atoms with Gasteiger partial charge in [0.1, 0.15) is 24.1 Å². The third kappa shape index (κ3) is 1.99. The number of amides is 1. The van der Waals surface area contributed by atoms with E-state index in [1.807, 2.05) is 30.3 Å². The molecule has 1 aromatic rings. The normalized spacial score (nSPS) is 31.4. The first-order chi connectivity index (χ1) is 10.6. The molecule has 22 heavy (non-hydrogen) atoms. The molecule has 7 heteroatoms. The van der Waals surface area contributed by atoms with E-state index in [-0.39, 0.29) is 28.6 Å². The van der Waals surface area contributed by atoms with Crippen molar-refractivity contribution in [3.63, 3.8) is 0 Å². The molecule has 1 amide bonds. The molecule has 3 atom stereocenters. The topological polar surface area (TPSA) is 72.6 Å². The van der Waals surface area contributed by atoms with Crippen molar-refractivity contribution in [1.29, 1.82) is 0 Å². The predicted molar refractivity (Wildman–Crippen MR) is 86.3 cm³/mol. The van der Waals surface area contributed by atoms with Crippen molar-refractivity contribution in [3.8, 4) is 0 Å². The summed E-state index contributed by atoms with van der Waals surface area (Å²) in [7, 11) is 0. The number of nitrogens with zero attached hydrogens (tertiary/aromatic N) is 1. The lowest BCUT2D eigenvalue weighted by atomic mass is 9.95. The van der Waals surface area contributed by atoms with E-state index in [2.05, 4.69) is 0 Å². The number of carbonyl (C=O) groups excluding carboxylic acids is 2. The van der Waals surface area contributed by atoms with E-state index in [4.69, 9.17) is 10.5 Å². The monoisotopic (exact) mass is 336 g/mol. The Morgan fingerprint density at radius 3 is 2.73 bits per heavy atom. The van der Waals surface area contributed by atoms with E-state index in [0.29, 0.717) is 0 Å². The molecule has 0 bridgehead atoms. The Bertz CT molecular complexity index is 620. The lowest BCUT2D eigenvalue weighted by molar-refractivity contribution is -0.163.